The van der Waals surface area contributed by atoms with Gasteiger partial charge in [-0.15, -0.1) is 0 Å². The Kier molecular flexibility index (Phi) is 13.3. The van der Waals surface area contributed by atoms with E-state index in [0.717, 1.165) is 23.7 Å². The molecule has 0 bridgehead atoms. The Hall–Kier alpha value is -0.534. The van der Waals surface area contributed by atoms with E-state index in [-0.39, 0.29) is 23.1 Å². The molecule has 1 heteroatoms. The van der Waals surface area contributed by atoms with Crippen molar-refractivity contribution in [1.29, 1.82) is 0 Å². The summed E-state index contributed by atoms with van der Waals surface area (Å²) in [4.78, 5) is 0. The minimum Gasteiger partial charge on any atom is -0.213 e. The van der Waals surface area contributed by atoms with Crippen LogP contribution in [0.15, 0.2) is 36.4 Å². The predicted molar refractivity (Wildman–Crippen MR) is 124 cm³/mol. The molecule has 27 heavy (non-hydrogen) atoms. The summed E-state index contributed by atoms with van der Waals surface area (Å²) >= 11 is 0. The van der Waals surface area contributed by atoms with Crippen LogP contribution in [0.4, 0.5) is 0 Å². The van der Waals surface area contributed by atoms with E-state index < -0.39 is 0 Å². The fourth-order valence-corrected chi connectivity index (χ4v) is 3.60. The van der Waals surface area contributed by atoms with Gasteiger partial charge in [0, 0.05) is 0 Å². The van der Waals surface area contributed by atoms with Crippen LogP contribution in [0.2, 0.25) is 0 Å². The molecule has 2 atom stereocenters. The van der Waals surface area contributed by atoms with Gasteiger partial charge in [-0.1, -0.05) is 92.9 Å². The topological polar surface area (TPSA) is 0 Å². The van der Waals surface area contributed by atoms with Crippen molar-refractivity contribution in [3.05, 3.63) is 58.7 Å². The molecule has 0 saturated carbocycles. The molecule has 0 aromatic heterocycles. The summed E-state index contributed by atoms with van der Waals surface area (Å²) in [6, 6.07) is 13.5. The summed E-state index contributed by atoms with van der Waals surface area (Å²) in [7, 11) is 0. The second kappa shape index (κ2) is 13.6. The maximum Gasteiger partial charge on any atom is 2.00 e. The van der Waals surface area contributed by atoms with Crippen LogP contribution in [0.1, 0.15) is 102 Å². The van der Waals surface area contributed by atoms with E-state index in [0.29, 0.717) is 0 Å². The normalized spacial score (nSPS) is 13.1. The molecule has 0 radical (unpaired) electrons. The van der Waals surface area contributed by atoms with E-state index in [1.807, 2.05) is 0 Å². The van der Waals surface area contributed by atoms with Gasteiger partial charge in [0.05, 0.1) is 0 Å². The van der Waals surface area contributed by atoms with Crippen molar-refractivity contribution in [2.45, 2.75) is 92.9 Å². The Bertz CT molecular complexity index is 545. The Morgan fingerprint density at radius 3 is 1.26 bits per heavy atom. The summed E-state index contributed by atoms with van der Waals surface area (Å²) in [5, 5.41) is 0. The fraction of sp³-hybridized carbons (Fsp3) is 0.615. The van der Waals surface area contributed by atoms with Crippen LogP contribution in [0, 0.1) is 11.8 Å². The maximum absolute atomic E-state index is 2.32. The van der Waals surface area contributed by atoms with E-state index in [2.05, 4.69) is 91.8 Å². The molecule has 0 heterocycles. The molecule has 0 aliphatic carbocycles. The van der Waals surface area contributed by atoms with Crippen LogP contribution < -0.4 is 0 Å². The molecule has 0 nitrogen and oxygen atoms in total. The molecule has 0 saturated heterocycles. The van der Waals surface area contributed by atoms with Crippen molar-refractivity contribution in [2.24, 2.45) is 11.8 Å². The minimum atomic E-state index is 0. The third-order valence-corrected chi connectivity index (χ3v) is 5.43. The van der Waals surface area contributed by atoms with Crippen LogP contribution >= 0.6 is 0 Å². The molecular formula is C26H42Mg. The fourth-order valence-electron chi connectivity index (χ4n) is 3.60. The average Bonchev–Trinajstić information content (AvgIpc) is 3.22. The van der Waals surface area contributed by atoms with Crippen molar-refractivity contribution in [3.8, 4) is 0 Å². The number of rotatable bonds is 8. The third kappa shape index (κ3) is 9.00. The molecule has 0 amide bonds. The summed E-state index contributed by atoms with van der Waals surface area (Å²) < 4.78 is 0. The van der Waals surface area contributed by atoms with Crippen LogP contribution in [0.5, 0.6) is 0 Å². The zero-order valence-corrected chi connectivity index (χ0v) is 20.7. The Balaban J connectivity index is 0.000000483. The van der Waals surface area contributed by atoms with Crippen LogP contribution in [-0.2, 0) is 12.8 Å². The van der Waals surface area contributed by atoms with Gasteiger partial charge in [0.2, 0.25) is 0 Å². The molecule has 0 fully saturated rings. The first-order valence-corrected chi connectivity index (χ1v) is 10.8. The van der Waals surface area contributed by atoms with E-state index >= 15 is 0 Å². The second-order valence-electron chi connectivity index (χ2n) is 8.83. The van der Waals surface area contributed by atoms with Crippen molar-refractivity contribution in [3.63, 3.8) is 0 Å². The molecule has 2 aromatic rings. The molecule has 2 rings (SSSR count). The molecule has 2 aromatic carbocycles. The van der Waals surface area contributed by atoms with Gasteiger partial charge >= 0.3 is 23.1 Å². The van der Waals surface area contributed by atoms with Gasteiger partial charge in [-0.05, 0) is 11.8 Å². The summed E-state index contributed by atoms with van der Waals surface area (Å²) in [5.74, 6) is 2.99. The monoisotopic (exact) mass is 378 g/mol. The summed E-state index contributed by atoms with van der Waals surface area (Å²) in [6.45, 7) is 18.3. The van der Waals surface area contributed by atoms with E-state index in [1.54, 1.807) is 22.3 Å². The predicted octanol–water partition coefficient (Wildman–Crippen LogP) is 7.85. The molecule has 0 N–H and O–H groups in total. The third-order valence-electron chi connectivity index (χ3n) is 5.43. The molecule has 2 unspecified atom stereocenters. The van der Waals surface area contributed by atoms with Crippen molar-refractivity contribution >= 4 is 23.1 Å². The quantitative estimate of drug-likeness (QED) is 0.324. The van der Waals surface area contributed by atoms with E-state index in [1.165, 1.54) is 25.7 Å². The van der Waals surface area contributed by atoms with Crippen LogP contribution in [0.3, 0.4) is 0 Å². The summed E-state index contributed by atoms with van der Waals surface area (Å²) in [5.41, 5.74) is 6.25. The summed E-state index contributed by atoms with van der Waals surface area (Å²) in [6.07, 6.45) is 4.95. The Morgan fingerprint density at radius 2 is 1.00 bits per heavy atom. The number of hydrogen-bond donors (Lipinski definition) is 0. The Labute approximate surface area is 186 Å². The van der Waals surface area contributed by atoms with Crippen LogP contribution in [0.25, 0.3) is 0 Å². The van der Waals surface area contributed by atoms with Crippen molar-refractivity contribution in [2.75, 3.05) is 0 Å². The molecule has 0 aliphatic heterocycles. The van der Waals surface area contributed by atoms with Gasteiger partial charge < -0.3 is 0 Å². The maximum atomic E-state index is 2.32. The van der Waals surface area contributed by atoms with Gasteiger partial charge in [-0.25, -0.2) is 24.3 Å². The van der Waals surface area contributed by atoms with Crippen LogP contribution in [-0.4, -0.2) is 23.1 Å². The van der Waals surface area contributed by atoms with Gasteiger partial charge in [-0.2, -0.15) is 34.4 Å². The van der Waals surface area contributed by atoms with E-state index in [9.17, 15) is 0 Å². The van der Waals surface area contributed by atoms with Crippen molar-refractivity contribution < 1.29 is 0 Å². The van der Waals surface area contributed by atoms with Gasteiger partial charge in [0.25, 0.3) is 0 Å². The average molecular weight is 379 g/mol. The SMILES string of the molecule is CCC(C)c1ccc[c-]1CC(C)C.CCC(C)c1ccc[c-]1CC(C)C.[Mg+2]. The van der Waals surface area contributed by atoms with E-state index in [4.69, 9.17) is 0 Å². The minimum absolute atomic E-state index is 0. The molecule has 0 aliphatic rings. The first kappa shape index (κ1) is 26.5. The standard InChI is InChI=1S/2C13H21.Mg/c2*1-5-11(4)13-8-6-7-12(13)9-10(2)3;/h2*6-8,10-11H,5,9H2,1-4H3;/q2*-1;+2. The first-order valence-electron chi connectivity index (χ1n) is 10.8. The second-order valence-corrected chi connectivity index (χ2v) is 8.83. The Morgan fingerprint density at radius 1 is 0.667 bits per heavy atom. The molecular weight excluding hydrogens is 337 g/mol. The van der Waals surface area contributed by atoms with Gasteiger partial charge in [-0.3, -0.25) is 0 Å². The van der Waals surface area contributed by atoms with Gasteiger partial charge in [0.15, 0.2) is 0 Å². The van der Waals surface area contributed by atoms with Gasteiger partial charge in [0.1, 0.15) is 0 Å². The zero-order chi connectivity index (χ0) is 19.7. The first-order chi connectivity index (χ1) is 12.3. The zero-order valence-electron chi connectivity index (χ0n) is 19.3. The smallest absolute Gasteiger partial charge is 0.213 e. The molecule has 148 valence electrons. The van der Waals surface area contributed by atoms with Crippen molar-refractivity contribution in [1.82, 2.24) is 0 Å². The number of hydrogen-bond acceptors (Lipinski definition) is 0. The molecule has 0 spiro atoms. The largest absolute Gasteiger partial charge is 2.00 e.